The van der Waals surface area contributed by atoms with E-state index < -0.39 is 0 Å². The molecule has 2 aromatic carbocycles. The first-order chi connectivity index (χ1) is 9.65. The number of aliphatic hydroxyl groups excluding tert-OH is 1. The number of hydrogen-bond donors (Lipinski definition) is 1. The fourth-order valence-corrected chi connectivity index (χ4v) is 2.28. The van der Waals surface area contributed by atoms with Crippen molar-refractivity contribution >= 4 is 11.6 Å². The normalized spacial score (nSPS) is 12.2. The van der Waals surface area contributed by atoms with Gasteiger partial charge in [-0.15, -0.1) is 0 Å². The van der Waals surface area contributed by atoms with Crippen LogP contribution in [0.4, 0.5) is 0 Å². The topological polar surface area (TPSA) is 29.5 Å². The number of hydrogen-bond acceptors (Lipinski definition) is 2. The average molecular weight is 291 g/mol. The zero-order valence-electron chi connectivity index (χ0n) is 11.8. The summed E-state index contributed by atoms with van der Waals surface area (Å²) in [5.74, 6) is 1.91. The molecule has 0 saturated heterocycles. The van der Waals surface area contributed by atoms with E-state index in [9.17, 15) is 5.11 Å². The Morgan fingerprint density at radius 3 is 2.60 bits per heavy atom. The van der Waals surface area contributed by atoms with Gasteiger partial charge in [-0.05, 0) is 42.2 Å². The summed E-state index contributed by atoms with van der Waals surface area (Å²) in [6, 6.07) is 13.3. The van der Waals surface area contributed by atoms with Crippen LogP contribution in [0.2, 0.25) is 5.02 Å². The molecule has 0 amide bonds. The summed E-state index contributed by atoms with van der Waals surface area (Å²) < 4.78 is 5.99. The summed E-state index contributed by atoms with van der Waals surface area (Å²) in [4.78, 5) is 0. The maximum Gasteiger partial charge on any atom is 0.133 e. The molecule has 0 aromatic heterocycles. The van der Waals surface area contributed by atoms with E-state index in [0.29, 0.717) is 22.3 Å². The Morgan fingerprint density at radius 2 is 1.90 bits per heavy atom. The van der Waals surface area contributed by atoms with Gasteiger partial charge in [-0.1, -0.05) is 43.6 Å². The predicted molar refractivity (Wildman–Crippen MR) is 82.6 cm³/mol. The van der Waals surface area contributed by atoms with Gasteiger partial charge in [0.2, 0.25) is 0 Å². The molecule has 0 radical (unpaired) electrons. The van der Waals surface area contributed by atoms with Crippen LogP contribution in [0.15, 0.2) is 42.5 Å². The fraction of sp³-hybridized carbons (Fsp3) is 0.294. The van der Waals surface area contributed by atoms with Gasteiger partial charge < -0.3 is 9.84 Å². The Labute approximate surface area is 125 Å². The van der Waals surface area contributed by atoms with Crippen molar-refractivity contribution in [1.82, 2.24) is 0 Å². The van der Waals surface area contributed by atoms with Crippen LogP contribution in [0.5, 0.6) is 11.5 Å². The lowest BCUT2D eigenvalue weighted by atomic mass is 9.98. The average Bonchev–Trinajstić information content (AvgIpc) is 2.48. The third-order valence-corrected chi connectivity index (χ3v) is 3.71. The third-order valence-electron chi connectivity index (χ3n) is 3.48. The highest BCUT2D eigenvalue weighted by Crippen LogP contribution is 2.34. The lowest BCUT2D eigenvalue weighted by molar-refractivity contribution is 0.276. The van der Waals surface area contributed by atoms with Gasteiger partial charge in [0.25, 0.3) is 0 Å². The quantitative estimate of drug-likeness (QED) is 0.826. The number of ether oxygens (including phenoxy) is 1. The molecule has 2 aromatic rings. The fourth-order valence-electron chi connectivity index (χ4n) is 2.09. The molecule has 0 heterocycles. The molecule has 1 N–H and O–H groups in total. The van der Waals surface area contributed by atoms with Crippen LogP contribution in [0.25, 0.3) is 0 Å². The molecule has 3 heteroatoms. The Bertz CT molecular complexity index is 581. The second kappa shape index (κ2) is 6.78. The molecule has 0 aliphatic carbocycles. The Balaban J connectivity index is 2.35. The van der Waals surface area contributed by atoms with Gasteiger partial charge >= 0.3 is 0 Å². The summed E-state index contributed by atoms with van der Waals surface area (Å²) in [5, 5.41) is 10.0. The molecule has 1 atom stereocenters. The first kappa shape index (κ1) is 14.9. The van der Waals surface area contributed by atoms with E-state index in [1.54, 1.807) is 18.2 Å². The Hall–Kier alpha value is -1.51. The first-order valence-corrected chi connectivity index (χ1v) is 7.19. The van der Waals surface area contributed by atoms with Crippen LogP contribution in [-0.2, 0) is 6.61 Å². The Kier molecular flexibility index (Phi) is 5.05. The molecule has 0 saturated carbocycles. The second-order valence-corrected chi connectivity index (χ2v) is 5.30. The molecule has 0 spiro atoms. The van der Waals surface area contributed by atoms with Gasteiger partial charge in [0, 0.05) is 10.6 Å². The maximum atomic E-state index is 9.41. The minimum absolute atomic E-state index is 0.0958. The molecule has 0 fully saturated rings. The van der Waals surface area contributed by atoms with Crippen LogP contribution < -0.4 is 4.74 Å². The Morgan fingerprint density at radius 1 is 1.15 bits per heavy atom. The SMILES string of the molecule is CCC(C)c1ccccc1Oc1ccc(Cl)cc1CO. The lowest BCUT2D eigenvalue weighted by Gasteiger charge is -2.17. The van der Waals surface area contributed by atoms with E-state index in [-0.39, 0.29) is 6.61 Å². The van der Waals surface area contributed by atoms with Crippen LogP contribution in [0, 0.1) is 0 Å². The van der Waals surface area contributed by atoms with Crippen molar-refractivity contribution in [3.05, 3.63) is 58.6 Å². The number of rotatable bonds is 5. The monoisotopic (exact) mass is 290 g/mol. The van der Waals surface area contributed by atoms with Crippen molar-refractivity contribution in [3.8, 4) is 11.5 Å². The zero-order chi connectivity index (χ0) is 14.5. The van der Waals surface area contributed by atoms with Crippen LogP contribution in [0.3, 0.4) is 0 Å². The third kappa shape index (κ3) is 3.33. The summed E-state index contributed by atoms with van der Waals surface area (Å²) in [6.45, 7) is 4.24. The summed E-state index contributed by atoms with van der Waals surface area (Å²) in [7, 11) is 0. The van der Waals surface area contributed by atoms with Gasteiger partial charge in [0.15, 0.2) is 0 Å². The second-order valence-electron chi connectivity index (χ2n) is 4.86. The smallest absolute Gasteiger partial charge is 0.133 e. The zero-order valence-corrected chi connectivity index (χ0v) is 12.5. The predicted octanol–water partition coefficient (Wildman–Crippen LogP) is 5.14. The van der Waals surface area contributed by atoms with Crippen molar-refractivity contribution in [3.63, 3.8) is 0 Å². The van der Waals surface area contributed by atoms with Gasteiger partial charge in [0.05, 0.1) is 6.61 Å². The number of para-hydroxylation sites is 1. The molecule has 0 bridgehead atoms. The summed E-state index contributed by atoms with van der Waals surface area (Å²) >= 11 is 5.94. The minimum atomic E-state index is -0.0958. The highest BCUT2D eigenvalue weighted by atomic mass is 35.5. The van der Waals surface area contributed by atoms with Crippen molar-refractivity contribution in [1.29, 1.82) is 0 Å². The van der Waals surface area contributed by atoms with E-state index in [1.807, 2.05) is 18.2 Å². The van der Waals surface area contributed by atoms with Crippen LogP contribution in [-0.4, -0.2) is 5.11 Å². The molecular weight excluding hydrogens is 272 g/mol. The molecule has 1 unspecified atom stereocenters. The summed E-state index contributed by atoms with van der Waals surface area (Å²) in [5.41, 5.74) is 1.87. The molecule has 106 valence electrons. The van der Waals surface area contributed by atoms with Crippen molar-refractivity contribution in [2.45, 2.75) is 32.8 Å². The van der Waals surface area contributed by atoms with Crippen molar-refractivity contribution in [2.75, 3.05) is 0 Å². The first-order valence-electron chi connectivity index (χ1n) is 6.81. The molecule has 20 heavy (non-hydrogen) atoms. The van der Waals surface area contributed by atoms with Gasteiger partial charge in [-0.3, -0.25) is 0 Å². The molecular formula is C17H19ClO2. The van der Waals surface area contributed by atoms with Gasteiger partial charge in [-0.2, -0.15) is 0 Å². The highest BCUT2D eigenvalue weighted by molar-refractivity contribution is 6.30. The minimum Gasteiger partial charge on any atom is -0.457 e. The van der Waals surface area contributed by atoms with E-state index in [4.69, 9.17) is 16.3 Å². The standard InChI is InChI=1S/C17H19ClO2/c1-3-12(2)15-6-4-5-7-17(15)20-16-9-8-14(18)10-13(16)11-19/h4-10,12,19H,3,11H2,1-2H3. The largest absolute Gasteiger partial charge is 0.457 e. The van der Waals surface area contributed by atoms with Crippen molar-refractivity contribution in [2.24, 2.45) is 0 Å². The van der Waals surface area contributed by atoms with Gasteiger partial charge in [0.1, 0.15) is 11.5 Å². The van der Waals surface area contributed by atoms with Gasteiger partial charge in [-0.25, -0.2) is 0 Å². The number of benzene rings is 2. The van der Waals surface area contributed by atoms with Crippen LogP contribution in [0.1, 0.15) is 37.3 Å². The maximum absolute atomic E-state index is 9.41. The number of aliphatic hydroxyl groups is 1. The highest BCUT2D eigenvalue weighted by Gasteiger charge is 2.12. The van der Waals surface area contributed by atoms with Crippen LogP contribution >= 0.6 is 11.6 Å². The van der Waals surface area contributed by atoms with E-state index >= 15 is 0 Å². The van der Waals surface area contributed by atoms with E-state index in [2.05, 4.69) is 19.9 Å². The number of halogens is 1. The van der Waals surface area contributed by atoms with E-state index in [0.717, 1.165) is 12.2 Å². The molecule has 2 nitrogen and oxygen atoms in total. The van der Waals surface area contributed by atoms with Crippen molar-refractivity contribution < 1.29 is 9.84 Å². The summed E-state index contributed by atoms with van der Waals surface area (Å²) in [6.07, 6.45) is 1.05. The van der Waals surface area contributed by atoms with E-state index in [1.165, 1.54) is 5.56 Å². The molecule has 2 rings (SSSR count). The molecule has 0 aliphatic heterocycles. The molecule has 0 aliphatic rings. The lowest BCUT2D eigenvalue weighted by Crippen LogP contribution is -1.98.